The molecular weight excluding hydrogens is 320 g/mol. The summed E-state index contributed by atoms with van der Waals surface area (Å²) in [5.41, 5.74) is -0.344. The van der Waals surface area contributed by atoms with Gasteiger partial charge in [-0.15, -0.1) is 0 Å². The number of aromatic nitrogens is 1. The van der Waals surface area contributed by atoms with E-state index in [1.165, 1.54) is 22.9 Å². The van der Waals surface area contributed by atoms with Crippen LogP contribution in [0.4, 0.5) is 0 Å². The fraction of sp³-hybridized carbons (Fsp3) is 0.562. The van der Waals surface area contributed by atoms with Crippen LogP contribution in [-0.4, -0.2) is 27.6 Å². The van der Waals surface area contributed by atoms with Gasteiger partial charge in [0.2, 0.25) is 5.91 Å². The summed E-state index contributed by atoms with van der Waals surface area (Å²) in [5, 5.41) is 12.1. The standard InChI is InChI=1S/C16H23ClN2O4/c1-3-5-7-12(16(22)23)18-15(21)13(6-4-2)19-10-11(17)8-9-14(19)20/h8-10,12-13H,3-7H2,1-2H3,(H,18,21)(H,22,23). The first-order valence-electron chi connectivity index (χ1n) is 7.81. The van der Waals surface area contributed by atoms with E-state index in [2.05, 4.69) is 5.32 Å². The molecule has 0 aliphatic carbocycles. The van der Waals surface area contributed by atoms with E-state index in [-0.39, 0.29) is 5.56 Å². The Morgan fingerprint density at radius 2 is 1.96 bits per heavy atom. The highest BCUT2D eigenvalue weighted by atomic mass is 35.5. The van der Waals surface area contributed by atoms with Crippen LogP contribution >= 0.6 is 11.6 Å². The Hall–Kier alpha value is -1.82. The average molecular weight is 343 g/mol. The van der Waals surface area contributed by atoms with Gasteiger partial charge in [0.25, 0.3) is 5.56 Å². The second-order valence-electron chi connectivity index (χ2n) is 5.44. The smallest absolute Gasteiger partial charge is 0.326 e. The molecule has 128 valence electrons. The molecule has 0 aromatic carbocycles. The first-order valence-corrected chi connectivity index (χ1v) is 8.19. The minimum Gasteiger partial charge on any atom is -0.480 e. The van der Waals surface area contributed by atoms with Crippen molar-refractivity contribution in [1.82, 2.24) is 9.88 Å². The molecule has 1 rings (SSSR count). The van der Waals surface area contributed by atoms with E-state index in [0.29, 0.717) is 30.7 Å². The zero-order chi connectivity index (χ0) is 17.4. The van der Waals surface area contributed by atoms with Crippen molar-refractivity contribution < 1.29 is 14.7 Å². The molecule has 23 heavy (non-hydrogen) atoms. The molecule has 0 saturated carbocycles. The first kappa shape index (κ1) is 19.2. The first-order chi connectivity index (χ1) is 10.9. The van der Waals surface area contributed by atoms with E-state index in [1.807, 2.05) is 13.8 Å². The maximum absolute atomic E-state index is 12.5. The van der Waals surface area contributed by atoms with Gasteiger partial charge in [-0.05, 0) is 18.9 Å². The van der Waals surface area contributed by atoms with Crippen LogP contribution in [0.15, 0.2) is 23.1 Å². The molecule has 6 nitrogen and oxygen atoms in total. The number of carboxylic acid groups (broad SMARTS) is 1. The van der Waals surface area contributed by atoms with E-state index in [9.17, 15) is 19.5 Å². The van der Waals surface area contributed by atoms with Crippen LogP contribution in [0, 0.1) is 0 Å². The maximum atomic E-state index is 12.5. The minimum absolute atomic E-state index is 0.344. The molecular formula is C16H23ClN2O4. The second kappa shape index (κ2) is 9.35. The maximum Gasteiger partial charge on any atom is 0.326 e. The van der Waals surface area contributed by atoms with Gasteiger partial charge in [-0.1, -0.05) is 44.7 Å². The minimum atomic E-state index is -1.07. The lowest BCUT2D eigenvalue weighted by Crippen LogP contribution is -2.45. The van der Waals surface area contributed by atoms with Gasteiger partial charge in [0.15, 0.2) is 0 Å². The van der Waals surface area contributed by atoms with Crippen LogP contribution in [-0.2, 0) is 9.59 Å². The van der Waals surface area contributed by atoms with Gasteiger partial charge in [-0.3, -0.25) is 9.59 Å². The molecule has 2 atom stereocenters. The quantitative estimate of drug-likeness (QED) is 0.722. The van der Waals surface area contributed by atoms with Gasteiger partial charge >= 0.3 is 5.97 Å². The third-order valence-corrected chi connectivity index (χ3v) is 3.79. The summed E-state index contributed by atoms with van der Waals surface area (Å²) >= 11 is 5.90. The second-order valence-corrected chi connectivity index (χ2v) is 5.88. The normalized spacial score (nSPS) is 13.3. The number of rotatable bonds is 9. The van der Waals surface area contributed by atoms with Crippen LogP contribution in [0.2, 0.25) is 5.02 Å². The number of nitrogens with zero attached hydrogens (tertiary/aromatic N) is 1. The van der Waals surface area contributed by atoms with Crippen LogP contribution in [0.5, 0.6) is 0 Å². The van der Waals surface area contributed by atoms with Crippen molar-refractivity contribution in [3.8, 4) is 0 Å². The summed E-state index contributed by atoms with van der Waals surface area (Å²) < 4.78 is 1.26. The Morgan fingerprint density at radius 3 is 2.52 bits per heavy atom. The highest BCUT2D eigenvalue weighted by molar-refractivity contribution is 6.30. The molecule has 2 unspecified atom stereocenters. The van der Waals surface area contributed by atoms with Crippen molar-refractivity contribution in [3.63, 3.8) is 0 Å². The largest absolute Gasteiger partial charge is 0.480 e. The molecule has 1 aromatic heterocycles. The van der Waals surface area contributed by atoms with Gasteiger partial charge in [0.1, 0.15) is 12.1 Å². The zero-order valence-electron chi connectivity index (χ0n) is 13.4. The molecule has 1 amide bonds. The molecule has 1 heterocycles. The average Bonchev–Trinajstić information content (AvgIpc) is 2.51. The Labute approximate surface area is 140 Å². The molecule has 0 saturated heterocycles. The van der Waals surface area contributed by atoms with E-state index in [1.54, 1.807) is 0 Å². The SMILES string of the molecule is CCCCC(NC(=O)C(CCC)n1cc(Cl)ccc1=O)C(=O)O. The number of carbonyl (C=O) groups excluding carboxylic acids is 1. The highest BCUT2D eigenvalue weighted by Crippen LogP contribution is 2.15. The van der Waals surface area contributed by atoms with Crippen LogP contribution in [0.25, 0.3) is 0 Å². The van der Waals surface area contributed by atoms with Gasteiger partial charge in [-0.25, -0.2) is 4.79 Å². The lowest BCUT2D eigenvalue weighted by Gasteiger charge is -2.22. The predicted octanol–water partition coefficient (Wildman–Crippen LogP) is 2.60. The summed E-state index contributed by atoms with van der Waals surface area (Å²) in [5.74, 6) is -1.54. The number of carbonyl (C=O) groups is 2. The number of pyridine rings is 1. The number of halogens is 1. The summed E-state index contributed by atoms with van der Waals surface area (Å²) in [6, 6.07) is 1.04. The molecule has 1 aromatic rings. The number of hydrogen-bond donors (Lipinski definition) is 2. The topological polar surface area (TPSA) is 88.4 Å². The van der Waals surface area contributed by atoms with Crippen LogP contribution in [0.1, 0.15) is 52.0 Å². The van der Waals surface area contributed by atoms with Gasteiger partial charge in [-0.2, -0.15) is 0 Å². The lowest BCUT2D eigenvalue weighted by molar-refractivity contribution is -0.142. The Bertz CT molecular complexity index is 600. The summed E-state index contributed by atoms with van der Waals surface area (Å²) in [6.45, 7) is 3.84. The number of carboxylic acids is 1. The third kappa shape index (κ3) is 5.71. The number of hydrogen-bond acceptors (Lipinski definition) is 3. The van der Waals surface area contributed by atoms with Crippen molar-refractivity contribution in [3.05, 3.63) is 33.7 Å². The number of amides is 1. The Kier molecular flexibility index (Phi) is 7.81. The summed E-state index contributed by atoms with van der Waals surface area (Å²) in [6.07, 6.45) is 4.40. The molecule has 0 bridgehead atoms. The van der Waals surface area contributed by atoms with E-state index < -0.39 is 24.0 Å². The van der Waals surface area contributed by atoms with Gasteiger partial charge in [0, 0.05) is 12.3 Å². The van der Waals surface area contributed by atoms with Gasteiger partial charge < -0.3 is 15.0 Å². The molecule has 7 heteroatoms. The van der Waals surface area contributed by atoms with Crippen LogP contribution in [0.3, 0.4) is 0 Å². The highest BCUT2D eigenvalue weighted by Gasteiger charge is 2.26. The molecule has 0 spiro atoms. The zero-order valence-corrected chi connectivity index (χ0v) is 14.2. The number of unbranched alkanes of at least 4 members (excludes halogenated alkanes) is 1. The monoisotopic (exact) mass is 342 g/mol. The van der Waals surface area contributed by atoms with Crippen molar-refractivity contribution in [2.45, 2.75) is 58.0 Å². The molecule has 2 N–H and O–H groups in total. The fourth-order valence-electron chi connectivity index (χ4n) is 2.32. The van der Waals surface area contributed by atoms with E-state index in [0.717, 1.165) is 6.42 Å². The van der Waals surface area contributed by atoms with Crippen molar-refractivity contribution in [2.24, 2.45) is 0 Å². The number of aliphatic carboxylic acids is 1. The third-order valence-electron chi connectivity index (χ3n) is 3.56. The summed E-state index contributed by atoms with van der Waals surface area (Å²) in [4.78, 5) is 35.8. The summed E-state index contributed by atoms with van der Waals surface area (Å²) in [7, 11) is 0. The molecule has 0 fully saturated rings. The van der Waals surface area contributed by atoms with Gasteiger partial charge in [0.05, 0.1) is 5.02 Å². The fourth-order valence-corrected chi connectivity index (χ4v) is 2.49. The Morgan fingerprint density at radius 1 is 1.26 bits per heavy atom. The van der Waals surface area contributed by atoms with E-state index >= 15 is 0 Å². The van der Waals surface area contributed by atoms with Crippen molar-refractivity contribution in [1.29, 1.82) is 0 Å². The number of nitrogens with one attached hydrogen (secondary N) is 1. The van der Waals surface area contributed by atoms with Crippen molar-refractivity contribution in [2.75, 3.05) is 0 Å². The molecule has 0 aliphatic rings. The van der Waals surface area contributed by atoms with Crippen LogP contribution < -0.4 is 10.9 Å². The van der Waals surface area contributed by atoms with E-state index in [4.69, 9.17) is 11.6 Å². The Balaban J connectivity index is 2.99. The molecule has 0 radical (unpaired) electrons. The molecule has 0 aliphatic heterocycles. The van der Waals surface area contributed by atoms with Crippen molar-refractivity contribution >= 4 is 23.5 Å². The lowest BCUT2D eigenvalue weighted by atomic mass is 10.1. The predicted molar refractivity (Wildman–Crippen MR) is 88.7 cm³/mol.